The summed E-state index contributed by atoms with van der Waals surface area (Å²) in [6.07, 6.45) is 0. The Morgan fingerprint density at radius 3 is 2.55 bits per heavy atom. The second-order valence-corrected chi connectivity index (χ2v) is 8.49. The van der Waals surface area contributed by atoms with Crippen LogP contribution < -0.4 is 5.73 Å². The summed E-state index contributed by atoms with van der Waals surface area (Å²) in [6.45, 7) is 0.206. The van der Waals surface area contributed by atoms with Crippen molar-refractivity contribution in [1.82, 2.24) is 4.31 Å². The van der Waals surface area contributed by atoms with Gasteiger partial charge in [-0.2, -0.15) is 4.31 Å². The molecule has 4 nitrogen and oxygen atoms in total. The third-order valence-electron chi connectivity index (χ3n) is 2.67. The number of anilines is 1. The monoisotopic (exact) mass is 350 g/mol. The van der Waals surface area contributed by atoms with Gasteiger partial charge in [-0.25, -0.2) is 8.42 Å². The predicted molar refractivity (Wildman–Crippen MR) is 83.8 cm³/mol. The number of sulfonamides is 1. The highest BCUT2D eigenvalue weighted by Crippen LogP contribution is 2.35. The van der Waals surface area contributed by atoms with E-state index in [1.165, 1.54) is 17.4 Å². The second-order valence-electron chi connectivity index (χ2n) is 4.19. The minimum absolute atomic E-state index is 0.0283. The van der Waals surface area contributed by atoms with Crippen LogP contribution >= 0.6 is 34.5 Å². The number of nitrogens with zero attached hydrogens (tertiary/aromatic N) is 1. The van der Waals surface area contributed by atoms with Crippen molar-refractivity contribution in [3.8, 4) is 0 Å². The zero-order chi connectivity index (χ0) is 14.9. The maximum atomic E-state index is 12.4. The zero-order valence-electron chi connectivity index (χ0n) is 10.5. The third kappa shape index (κ3) is 3.27. The van der Waals surface area contributed by atoms with Gasteiger partial charge in [0.25, 0.3) is 0 Å². The lowest BCUT2D eigenvalue weighted by atomic mass is 10.2. The molecule has 1 aromatic carbocycles. The molecule has 0 amide bonds. The number of hydrogen-bond acceptors (Lipinski definition) is 4. The summed E-state index contributed by atoms with van der Waals surface area (Å²) < 4.78 is 26.5. The third-order valence-corrected chi connectivity index (χ3v) is 6.23. The average Bonchev–Trinajstić information content (AvgIpc) is 2.69. The summed E-state index contributed by atoms with van der Waals surface area (Å²) in [7, 11) is -2.19. The van der Waals surface area contributed by atoms with Gasteiger partial charge in [0.15, 0.2) is 0 Å². The molecule has 108 valence electrons. The fraction of sp³-hybridized carbons (Fsp3) is 0.167. The van der Waals surface area contributed by atoms with Crippen molar-refractivity contribution in [2.75, 3.05) is 12.8 Å². The van der Waals surface area contributed by atoms with Gasteiger partial charge in [0.1, 0.15) is 9.23 Å². The summed E-state index contributed by atoms with van der Waals surface area (Å²) in [5.74, 6) is 0. The van der Waals surface area contributed by atoms with Crippen LogP contribution in [0.1, 0.15) is 5.56 Å². The van der Waals surface area contributed by atoms with Crippen LogP contribution in [0.2, 0.25) is 8.67 Å². The summed E-state index contributed by atoms with van der Waals surface area (Å²) >= 11 is 12.7. The van der Waals surface area contributed by atoms with Gasteiger partial charge < -0.3 is 5.73 Å². The maximum Gasteiger partial charge on any atom is 0.245 e. The lowest BCUT2D eigenvalue weighted by Gasteiger charge is -2.17. The van der Waals surface area contributed by atoms with Gasteiger partial charge in [0.05, 0.1) is 4.34 Å². The molecule has 2 aromatic rings. The van der Waals surface area contributed by atoms with E-state index in [1.54, 1.807) is 18.2 Å². The molecule has 0 bridgehead atoms. The van der Waals surface area contributed by atoms with Crippen molar-refractivity contribution in [3.63, 3.8) is 0 Å². The molecule has 0 aliphatic rings. The maximum absolute atomic E-state index is 12.4. The molecule has 1 aromatic heterocycles. The molecule has 8 heteroatoms. The van der Waals surface area contributed by atoms with Crippen molar-refractivity contribution in [3.05, 3.63) is 44.6 Å². The van der Waals surface area contributed by atoms with Gasteiger partial charge in [0, 0.05) is 19.3 Å². The first-order valence-electron chi connectivity index (χ1n) is 5.56. The second kappa shape index (κ2) is 5.91. The lowest BCUT2D eigenvalue weighted by Crippen LogP contribution is -2.26. The fourth-order valence-electron chi connectivity index (χ4n) is 1.70. The molecule has 0 spiro atoms. The molecular weight excluding hydrogens is 339 g/mol. The minimum Gasteiger partial charge on any atom is -0.399 e. The Bertz CT molecular complexity index is 729. The number of thiophene rings is 1. The largest absolute Gasteiger partial charge is 0.399 e. The van der Waals surface area contributed by atoms with Crippen LogP contribution in [-0.2, 0) is 16.6 Å². The number of nitrogen functional groups attached to an aromatic ring is 1. The molecule has 0 fully saturated rings. The van der Waals surface area contributed by atoms with Gasteiger partial charge in [0.2, 0.25) is 10.0 Å². The van der Waals surface area contributed by atoms with Gasteiger partial charge >= 0.3 is 0 Å². The topological polar surface area (TPSA) is 63.4 Å². The molecule has 0 unspecified atom stereocenters. The van der Waals surface area contributed by atoms with Crippen LogP contribution in [-0.4, -0.2) is 19.8 Å². The fourth-order valence-corrected chi connectivity index (χ4v) is 4.97. The number of nitrogens with two attached hydrogens (primary N) is 1. The van der Waals surface area contributed by atoms with Gasteiger partial charge in [-0.3, -0.25) is 0 Å². The average molecular weight is 351 g/mol. The molecule has 1 heterocycles. The van der Waals surface area contributed by atoms with Crippen molar-refractivity contribution < 1.29 is 8.42 Å². The smallest absolute Gasteiger partial charge is 0.245 e. The van der Waals surface area contributed by atoms with Crippen molar-refractivity contribution in [2.24, 2.45) is 0 Å². The zero-order valence-corrected chi connectivity index (χ0v) is 13.7. The first-order chi connectivity index (χ1) is 9.30. The van der Waals surface area contributed by atoms with Gasteiger partial charge in [-0.15, -0.1) is 11.3 Å². The van der Waals surface area contributed by atoms with Crippen molar-refractivity contribution in [1.29, 1.82) is 0 Å². The van der Waals surface area contributed by atoms with E-state index in [9.17, 15) is 8.42 Å². The van der Waals surface area contributed by atoms with Gasteiger partial charge in [-0.05, 0) is 23.8 Å². The van der Waals surface area contributed by atoms with E-state index >= 15 is 0 Å². The van der Waals surface area contributed by atoms with Crippen LogP contribution in [0.5, 0.6) is 0 Å². The summed E-state index contributed by atoms with van der Waals surface area (Å²) in [6, 6.07) is 8.42. The van der Waals surface area contributed by atoms with Crippen LogP contribution in [0.3, 0.4) is 0 Å². The highest BCUT2D eigenvalue weighted by atomic mass is 35.5. The summed E-state index contributed by atoms with van der Waals surface area (Å²) in [5, 5.41) is 0. The van der Waals surface area contributed by atoms with E-state index in [2.05, 4.69) is 0 Å². The molecular formula is C12H12Cl2N2O2S2. The number of hydrogen-bond donors (Lipinski definition) is 1. The van der Waals surface area contributed by atoms with Crippen molar-refractivity contribution in [2.45, 2.75) is 11.4 Å². The molecule has 0 aliphatic heterocycles. The van der Waals surface area contributed by atoms with E-state index in [4.69, 9.17) is 28.9 Å². The number of benzene rings is 1. The first-order valence-corrected chi connectivity index (χ1v) is 8.57. The lowest BCUT2D eigenvalue weighted by molar-refractivity contribution is 0.467. The van der Waals surface area contributed by atoms with Gasteiger partial charge in [-0.1, -0.05) is 35.3 Å². The Morgan fingerprint density at radius 1 is 1.30 bits per heavy atom. The summed E-state index contributed by atoms with van der Waals surface area (Å²) in [5.41, 5.74) is 7.06. The molecule has 2 N–H and O–H groups in total. The Morgan fingerprint density at radius 2 is 2.00 bits per heavy atom. The van der Waals surface area contributed by atoms with Crippen molar-refractivity contribution >= 4 is 50.2 Å². The molecule has 2 rings (SSSR count). The van der Waals surface area contributed by atoms with Crippen LogP contribution in [0.25, 0.3) is 0 Å². The Kier molecular flexibility index (Phi) is 4.61. The molecule has 0 radical (unpaired) electrons. The molecule has 20 heavy (non-hydrogen) atoms. The summed E-state index contributed by atoms with van der Waals surface area (Å²) in [4.78, 5) is 0.0283. The quantitative estimate of drug-likeness (QED) is 0.858. The normalized spacial score (nSPS) is 12.0. The molecule has 0 saturated heterocycles. The predicted octanol–water partition coefficient (Wildman–Crippen LogP) is 3.46. The van der Waals surface area contributed by atoms with Crippen LogP contribution in [0, 0.1) is 0 Å². The standard InChI is InChI=1S/C12H12Cl2N2O2S2/c1-16(7-8-3-2-4-9(15)5-8)20(17,18)10-6-11(13)19-12(10)14/h2-6H,7,15H2,1H3. The SMILES string of the molecule is CN(Cc1cccc(N)c1)S(=O)(=O)c1cc(Cl)sc1Cl. The van der Waals surface area contributed by atoms with E-state index in [1.807, 2.05) is 6.07 Å². The van der Waals surface area contributed by atoms with Crippen LogP contribution in [0.4, 0.5) is 5.69 Å². The minimum atomic E-state index is -3.67. The van der Waals surface area contributed by atoms with Crippen LogP contribution in [0.15, 0.2) is 35.2 Å². The number of rotatable bonds is 4. The Balaban J connectivity index is 2.28. The molecule has 0 atom stereocenters. The molecule has 0 aliphatic carbocycles. The highest BCUT2D eigenvalue weighted by Gasteiger charge is 2.25. The first kappa shape index (κ1) is 15.6. The van der Waals surface area contributed by atoms with E-state index in [0.717, 1.165) is 16.9 Å². The van der Waals surface area contributed by atoms with E-state index in [-0.39, 0.29) is 15.8 Å². The van der Waals surface area contributed by atoms with E-state index < -0.39 is 10.0 Å². The Labute approximate surface area is 131 Å². The number of halogens is 2. The van der Waals surface area contributed by atoms with E-state index in [0.29, 0.717) is 10.0 Å². The Hall–Kier alpha value is -0.790. The molecule has 0 saturated carbocycles. The highest BCUT2D eigenvalue weighted by molar-refractivity contribution is 7.89.